The first-order chi connectivity index (χ1) is 8.58. The Hall–Kier alpha value is -1.88. The summed E-state index contributed by atoms with van der Waals surface area (Å²) >= 11 is 0. The standard InChI is InChI=1S/C13H16FN3O/c1-8(15)13(18)16-5-4-9-7-17-12-6-10(14)2-3-11(9)12/h2-3,6-8,17H,4-5,15H2,1H3,(H,16,18). The van der Waals surface area contributed by atoms with Crippen molar-refractivity contribution in [2.24, 2.45) is 5.73 Å². The zero-order chi connectivity index (χ0) is 13.1. The maximum Gasteiger partial charge on any atom is 0.236 e. The number of halogens is 1. The van der Waals surface area contributed by atoms with Crippen LogP contribution in [0, 0.1) is 5.82 Å². The number of carbonyl (C=O) groups is 1. The van der Waals surface area contributed by atoms with Crippen molar-refractivity contribution in [3.8, 4) is 0 Å². The highest BCUT2D eigenvalue weighted by Crippen LogP contribution is 2.19. The fourth-order valence-corrected chi connectivity index (χ4v) is 1.85. The number of aromatic amines is 1. The van der Waals surface area contributed by atoms with Gasteiger partial charge in [-0.25, -0.2) is 4.39 Å². The summed E-state index contributed by atoms with van der Waals surface area (Å²) in [6.07, 6.45) is 2.52. The lowest BCUT2D eigenvalue weighted by atomic mass is 10.1. The van der Waals surface area contributed by atoms with Crippen LogP contribution in [0.15, 0.2) is 24.4 Å². The van der Waals surface area contributed by atoms with Crippen LogP contribution < -0.4 is 11.1 Å². The van der Waals surface area contributed by atoms with E-state index in [0.717, 1.165) is 16.5 Å². The van der Waals surface area contributed by atoms with Gasteiger partial charge in [-0.1, -0.05) is 0 Å². The highest BCUT2D eigenvalue weighted by Gasteiger charge is 2.08. The van der Waals surface area contributed by atoms with Crippen LogP contribution in [0.3, 0.4) is 0 Å². The number of rotatable bonds is 4. The van der Waals surface area contributed by atoms with Crippen LogP contribution in [0.1, 0.15) is 12.5 Å². The van der Waals surface area contributed by atoms with E-state index in [2.05, 4.69) is 10.3 Å². The number of H-pyrrole nitrogens is 1. The molecule has 0 saturated heterocycles. The van der Waals surface area contributed by atoms with Crippen molar-refractivity contribution in [2.75, 3.05) is 6.54 Å². The average molecular weight is 249 g/mol. The quantitative estimate of drug-likeness (QED) is 0.764. The van der Waals surface area contributed by atoms with Gasteiger partial charge in [0.15, 0.2) is 0 Å². The molecule has 0 spiro atoms. The predicted molar refractivity (Wildman–Crippen MR) is 68.6 cm³/mol. The molecule has 0 radical (unpaired) electrons. The second-order valence-corrected chi connectivity index (χ2v) is 4.33. The smallest absolute Gasteiger partial charge is 0.236 e. The third-order valence-corrected chi connectivity index (χ3v) is 2.84. The predicted octanol–water partition coefficient (Wildman–Crippen LogP) is 1.31. The summed E-state index contributed by atoms with van der Waals surface area (Å²) in [6, 6.07) is 4.13. The molecule has 0 bridgehead atoms. The number of carbonyl (C=O) groups excluding carboxylic acids is 1. The van der Waals surface area contributed by atoms with Crippen LogP contribution >= 0.6 is 0 Å². The highest BCUT2D eigenvalue weighted by molar-refractivity contribution is 5.83. The molecule has 96 valence electrons. The summed E-state index contributed by atoms with van der Waals surface area (Å²) in [4.78, 5) is 14.3. The summed E-state index contributed by atoms with van der Waals surface area (Å²) in [6.45, 7) is 2.16. The van der Waals surface area contributed by atoms with Gasteiger partial charge < -0.3 is 16.0 Å². The van der Waals surface area contributed by atoms with Gasteiger partial charge in [0.2, 0.25) is 5.91 Å². The number of benzene rings is 1. The van der Waals surface area contributed by atoms with Gasteiger partial charge in [-0.05, 0) is 37.1 Å². The van der Waals surface area contributed by atoms with Gasteiger partial charge in [-0.3, -0.25) is 4.79 Å². The third-order valence-electron chi connectivity index (χ3n) is 2.84. The molecule has 1 heterocycles. The van der Waals surface area contributed by atoms with E-state index in [0.29, 0.717) is 13.0 Å². The van der Waals surface area contributed by atoms with Crippen molar-refractivity contribution in [2.45, 2.75) is 19.4 Å². The fourth-order valence-electron chi connectivity index (χ4n) is 1.85. The number of nitrogens with two attached hydrogens (primary N) is 1. The maximum absolute atomic E-state index is 13.0. The maximum atomic E-state index is 13.0. The minimum absolute atomic E-state index is 0.166. The molecule has 0 fully saturated rings. The van der Waals surface area contributed by atoms with Gasteiger partial charge in [0.1, 0.15) is 5.82 Å². The molecule has 0 saturated carbocycles. The largest absolute Gasteiger partial charge is 0.361 e. The Balaban J connectivity index is 2.02. The molecule has 1 atom stereocenters. The highest BCUT2D eigenvalue weighted by atomic mass is 19.1. The molecular formula is C13H16FN3O. The van der Waals surface area contributed by atoms with E-state index >= 15 is 0 Å². The molecule has 1 amide bonds. The van der Waals surface area contributed by atoms with E-state index in [4.69, 9.17) is 5.73 Å². The number of hydrogen-bond acceptors (Lipinski definition) is 2. The van der Waals surface area contributed by atoms with E-state index in [9.17, 15) is 9.18 Å². The van der Waals surface area contributed by atoms with Crippen molar-refractivity contribution >= 4 is 16.8 Å². The van der Waals surface area contributed by atoms with Gasteiger partial charge in [-0.2, -0.15) is 0 Å². The first kappa shape index (κ1) is 12.6. The van der Waals surface area contributed by atoms with Crippen LogP contribution in [0.25, 0.3) is 10.9 Å². The molecule has 5 heteroatoms. The van der Waals surface area contributed by atoms with Crippen LogP contribution in [-0.4, -0.2) is 23.5 Å². The lowest BCUT2D eigenvalue weighted by molar-refractivity contribution is -0.121. The Morgan fingerprint density at radius 3 is 3.06 bits per heavy atom. The Labute approximate surface area is 104 Å². The lowest BCUT2D eigenvalue weighted by Crippen LogP contribution is -2.39. The number of aromatic nitrogens is 1. The van der Waals surface area contributed by atoms with Crippen molar-refractivity contribution in [3.63, 3.8) is 0 Å². The second-order valence-electron chi connectivity index (χ2n) is 4.33. The van der Waals surface area contributed by atoms with Gasteiger partial charge in [0.05, 0.1) is 6.04 Å². The Bertz CT molecular complexity index is 562. The Morgan fingerprint density at radius 2 is 2.33 bits per heavy atom. The first-order valence-corrected chi connectivity index (χ1v) is 5.86. The van der Waals surface area contributed by atoms with Gasteiger partial charge in [0, 0.05) is 23.6 Å². The van der Waals surface area contributed by atoms with Gasteiger partial charge >= 0.3 is 0 Å². The normalized spacial score (nSPS) is 12.6. The number of fused-ring (bicyclic) bond motifs is 1. The van der Waals surface area contributed by atoms with E-state index < -0.39 is 6.04 Å². The molecule has 4 N–H and O–H groups in total. The Kier molecular flexibility index (Phi) is 3.62. The molecule has 0 aliphatic heterocycles. The zero-order valence-electron chi connectivity index (χ0n) is 10.2. The molecule has 4 nitrogen and oxygen atoms in total. The molecule has 1 aromatic carbocycles. The van der Waals surface area contributed by atoms with Gasteiger partial charge in [0.25, 0.3) is 0 Å². The van der Waals surface area contributed by atoms with Crippen LogP contribution in [-0.2, 0) is 11.2 Å². The molecule has 2 rings (SSSR count). The summed E-state index contributed by atoms with van der Waals surface area (Å²) < 4.78 is 13.0. The van der Waals surface area contributed by atoms with Crippen molar-refractivity contribution in [1.29, 1.82) is 0 Å². The van der Waals surface area contributed by atoms with E-state index in [1.165, 1.54) is 12.1 Å². The summed E-state index contributed by atoms with van der Waals surface area (Å²) in [5.41, 5.74) is 7.26. The van der Waals surface area contributed by atoms with Crippen molar-refractivity contribution in [1.82, 2.24) is 10.3 Å². The molecule has 1 aromatic heterocycles. The molecule has 0 aliphatic rings. The summed E-state index contributed by atoms with van der Waals surface area (Å²) in [5, 5.41) is 3.72. The SMILES string of the molecule is CC(N)C(=O)NCCc1c[nH]c2cc(F)ccc12. The fraction of sp³-hybridized carbons (Fsp3) is 0.308. The molecular weight excluding hydrogens is 233 g/mol. The number of nitrogens with one attached hydrogen (secondary N) is 2. The number of hydrogen-bond donors (Lipinski definition) is 3. The third kappa shape index (κ3) is 2.68. The molecule has 0 aliphatic carbocycles. The summed E-state index contributed by atoms with van der Waals surface area (Å²) in [5.74, 6) is -0.429. The van der Waals surface area contributed by atoms with Crippen LogP contribution in [0.2, 0.25) is 0 Å². The lowest BCUT2D eigenvalue weighted by Gasteiger charge is -2.06. The van der Waals surface area contributed by atoms with Crippen molar-refractivity contribution < 1.29 is 9.18 Å². The average Bonchev–Trinajstić information content (AvgIpc) is 2.71. The second kappa shape index (κ2) is 5.18. The Morgan fingerprint density at radius 1 is 1.56 bits per heavy atom. The number of amides is 1. The minimum Gasteiger partial charge on any atom is -0.361 e. The van der Waals surface area contributed by atoms with Gasteiger partial charge in [-0.15, -0.1) is 0 Å². The first-order valence-electron chi connectivity index (χ1n) is 5.86. The molecule has 1 unspecified atom stereocenters. The monoisotopic (exact) mass is 249 g/mol. The topological polar surface area (TPSA) is 70.9 Å². The zero-order valence-corrected chi connectivity index (χ0v) is 10.2. The molecule has 2 aromatic rings. The molecule has 18 heavy (non-hydrogen) atoms. The van der Waals surface area contributed by atoms with Crippen LogP contribution in [0.4, 0.5) is 4.39 Å². The van der Waals surface area contributed by atoms with Crippen LogP contribution in [0.5, 0.6) is 0 Å². The van der Waals surface area contributed by atoms with E-state index in [-0.39, 0.29) is 11.7 Å². The van der Waals surface area contributed by atoms with E-state index in [1.807, 2.05) is 6.20 Å². The summed E-state index contributed by atoms with van der Waals surface area (Å²) in [7, 11) is 0. The van der Waals surface area contributed by atoms with Crippen molar-refractivity contribution in [3.05, 3.63) is 35.8 Å². The van der Waals surface area contributed by atoms with E-state index in [1.54, 1.807) is 13.0 Å². The minimum atomic E-state index is -0.498.